The van der Waals surface area contributed by atoms with Crippen molar-refractivity contribution in [2.75, 3.05) is 11.9 Å². The number of aromatic nitrogens is 1. The number of ether oxygens (including phenoxy) is 1. The van der Waals surface area contributed by atoms with Gasteiger partial charge in [0.05, 0.1) is 16.8 Å². The molecule has 27 heavy (non-hydrogen) atoms. The molecular weight excluding hydrogens is 378 g/mol. The molecular formula is C20H21N3O2S2. The van der Waals surface area contributed by atoms with Gasteiger partial charge in [0.15, 0.2) is 10.2 Å². The predicted octanol–water partition coefficient (Wildman–Crippen LogP) is 4.83. The number of anilines is 1. The molecule has 140 valence electrons. The summed E-state index contributed by atoms with van der Waals surface area (Å²) in [6.45, 7) is 6.73. The van der Waals surface area contributed by atoms with E-state index in [1.165, 1.54) is 16.9 Å². The zero-order valence-electron chi connectivity index (χ0n) is 15.5. The van der Waals surface area contributed by atoms with Crippen LogP contribution < -0.4 is 15.4 Å². The van der Waals surface area contributed by atoms with Gasteiger partial charge in [0.25, 0.3) is 5.91 Å². The van der Waals surface area contributed by atoms with Crippen LogP contribution >= 0.6 is 23.6 Å². The van der Waals surface area contributed by atoms with Gasteiger partial charge >= 0.3 is 0 Å². The normalized spacial score (nSPS) is 10.6. The van der Waals surface area contributed by atoms with Crippen molar-refractivity contribution < 1.29 is 9.53 Å². The number of nitrogens with zero attached hydrogens (tertiary/aromatic N) is 1. The Morgan fingerprint density at radius 2 is 2.00 bits per heavy atom. The van der Waals surface area contributed by atoms with Crippen LogP contribution in [0.25, 0.3) is 10.2 Å². The van der Waals surface area contributed by atoms with Gasteiger partial charge in [-0.15, -0.1) is 0 Å². The molecule has 0 aliphatic carbocycles. The lowest BCUT2D eigenvalue weighted by molar-refractivity contribution is 0.0977. The van der Waals surface area contributed by atoms with Gasteiger partial charge in [0.1, 0.15) is 5.75 Å². The molecule has 0 saturated carbocycles. The lowest BCUT2D eigenvalue weighted by Crippen LogP contribution is -2.34. The lowest BCUT2D eigenvalue weighted by atomic mass is 10.1. The second kappa shape index (κ2) is 8.45. The molecule has 0 atom stereocenters. The molecule has 1 heterocycles. The van der Waals surface area contributed by atoms with Crippen LogP contribution in [0.1, 0.15) is 34.8 Å². The van der Waals surface area contributed by atoms with Gasteiger partial charge in [-0.25, -0.2) is 4.98 Å². The number of thiocarbonyl (C=S) groups is 1. The number of amides is 1. The van der Waals surface area contributed by atoms with E-state index < -0.39 is 0 Å². The van der Waals surface area contributed by atoms with Crippen molar-refractivity contribution in [3.05, 3.63) is 53.1 Å². The monoisotopic (exact) mass is 399 g/mol. The summed E-state index contributed by atoms with van der Waals surface area (Å²) in [7, 11) is 0. The lowest BCUT2D eigenvalue weighted by Gasteiger charge is -2.09. The number of carbonyl (C=O) groups is 1. The van der Waals surface area contributed by atoms with E-state index in [0.717, 1.165) is 22.2 Å². The van der Waals surface area contributed by atoms with E-state index in [1.807, 2.05) is 19.9 Å². The maximum Gasteiger partial charge on any atom is 0.257 e. The van der Waals surface area contributed by atoms with Crippen LogP contribution in [0.3, 0.4) is 0 Å². The molecule has 7 heteroatoms. The summed E-state index contributed by atoms with van der Waals surface area (Å²) in [5, 5.41) is 6.58. The van der Waals surface area contributed by atoms with Gasteiger partial charge in [-0.3, -0.25) is 10.1 Å². The average Bonchev–Trinajstić information content (AvgIpc) is 3.08. The van der Waals surface area contributed by atoms with E-state index >= 15 is 0 Å². The standard InChI is InChI=1S/C20H21N3O2S2/c1-4-10-25-15-7-5-6-14(11-15)18(24)22-19(26)23-20-21-16-12(2)8-9-13(3)17(16)27-20/h5-9,11H,4,10H2,1-3H3,(H2,21,22,23,24,26). The van der Waals surface area contributed by atoms with Crippen molar-refractivity contribution in [1.82, 2.24) is 10.3 Å². The van der Waals surface area contributed by atoms with Crippen LogP contribution in [0.5, 0.6) is 5.75 Å². The molecule has 0 aliphatic heterocycles. The van der Waals surface area contributed by atoms with Crippen molar-refractivity contribution >= 4 is 49.9 Å². The molecule has 0 unspecified atom stereocenters. The molecule has 0 fully saturated rings. The third kappa shape index (κ3) is 4.61. The Balaban J connectivity index is 1.68. The zero-order chi connectivity index (χ0) is 19.4. The summed E-state index contributed by atoms with van der Waals surface area (Å²) in [5.74, 6) is 0.378. The van der Waals surface area contributed by atoms with E-state index in [9.17, 15) is 4.79 Å². The smallest absolute Gasteiger partial charge is 0.257 e. The van der Waals surface area contributed by atoms with E-state index in [0.29, 0.717) is 23.1 Å². The average molecular weight is 400 g/mol. The van der Waals surface area contributed by atoms with Crippen LogP contribution in [-0.4, -0.2) is 22.6 Å². The van der Waals surface area contributed by atoms with Crippen LogP contribution in [0.4, 0.5) is 5.13 Å². The third-order valence-corrected chi connectivity index (χ3v) is 5.27. The van der Waals surface area contributed by atoms with Gasteiger partial charge in [0.2, 0.25) is 0 Å². The van der Waals surface area contributed by atoms with Crippen molar-refractivity contribution in [3.63, 3.8) is 0 Å². The van der Waals surface area contributed by atoms with Crippen LogP contribution in [0.15, 0.2) is 36.4 Å². The quantitative estimate of drug-likeness (QED) is 0.602. The number of benzene rings is 2. The summed E-state index contributed by atoms with van der Waals surface area (Å²) in [5.41, 5.74) is 3.72. The van der Waals surface area contributed by atoms with Gasteiger partial charge in [-0.1, -0.05) is 36.5 Å². The summed E-state index contributed by atoms with van der Waals surface area (Å²) in [6, 6.07) is 11.2. The summed E-state index contributed by atoms with van der Waals surface area (Å²) in [6.07, 6.45) is 0.908. The minimum atomic E-state index is -0.289. The van der Waals surface area contributed by atoms with E-state index in [-0.39, 0.29) is 11.0 Å². The molecule has 0 spiro atoms. The predicted molar refractivity (Wildman–Crippen MR) is 115 cm³/mol. The third-order valence-electron chi connectivity index (χ3n) is 3.96. The first-order valence-electron chi connectivity index (χ1n) is 8.70. The molecule has 1 aromatic heterocycles. The zero-order valence-corrected chi connectivity index (χ0v) is 17.1. The number of nitrogens with one attached hydrogen (secondary N) is 2. The van der Waals surface area contributed by atoms with Gasteiger partial charge in [-0.05, 0) is 61.8 Å². The topological polar surface area (TPSA) is 63.2 Å². The molecule has 2 N–H and O–H groups in total. The number of aryl methyl sites for hydroxylation is 2. The van der Waals surface area contributed by atoms with Crippen molar-refractivity contribution in [1.29, 1.82) is 0 Å². The molecule has 0 bridgehead atoms. The Hall–Kier alpha value is -2.51. The van der Waals surface area contributed by atoms with Gasteiger partial charge in [-0.2, -0.15) is 0 Å². The largest absolute Gasteiger partial charge is 0.494 e. The van der Waals surface area contributed by atoms with Crippen LogP contribution in [0, 0.1) is 13.8 Å². The second-order valence-electron chi connectivity index (χ2n) is 6.18. The van der Waals surface area contributed by atoms with E-state index in [2.05, 4.69) is 34.7 Å². The molecule has 0 saturated heterocycles. The van der Waals surface area contributed by atoms with Crippen LogP contribution in [0.2, 0.25) is 0 Å². The van der Waals surface area contributed by atoms with E-state index in [4.69, 9.17) is 17.0 Å². The number of fused-ring (bicyclic) bond motifs is 1. The number of hydrogen-bond donors (Lipinski definition) is 2. The second-order valence-corrected chi connectivity index (χ2v) is 7.59. The van der Waals surface area contributed by atoms with E-state index in [1.54, 1.807) is 18.2 Å². The molecule has 2 aromatic carbocycles. The fourth-order valence-electron chi connectivity index (χ4n) is 2.56. The highest BCUT2D eigenvalue weighted by Crippen LogP contribution is 2.30. The summed E-state index contributed by atoms with van der Waals surface area (Å²) >= 11 is 6.80. The highest BCUT2D eigenvalue weighted by atomic mass is 32.1. The minimum Gasteiger partial charge on any atom is -0.494 e. The van der Waals surface area contributed by atoms with Crippen molar-refractivity contribution in [3.8, 4) is 5.75 Å². The molecule has 0 radical (unpaired) electrons. The number of thiazole rings is 1. The Kier molecular flexibility index (Phi) is 6.03. The summed E-state index contributed by atoms with van der Waals surface area (Å²) < 4.78 is 6.68. The molecule has 5 nitrogen and oxygen atoms in total. The first-order valence-corrected chi connectivity index (χ1v) is 9.92. The number of carbonyl (C=O) groups excluding carboxylic acids is 1. The minimum absolute atomic E-state index is 0.217. The molecule has 3 rings (SSSR count). The Labute approximate surface area is 167 Å². The van der Waals surface area contributed by atoms with Crippen LogP contribution in [-0.2, 0) is 0 Å². The maximum atomic E-state index is 12.4. The fourth-order valence-corrected chi connectivity index (χ4v) is 3.83. The maximum absolute atomic E-state index is 12.4. The SMILES string of the molecule is CCCOc1cccc(C(=O)NC(=S)Nc2nc3c(C)ccc(C)c3s2)c1. The Morgan fingerprint density at radius 1 is 1.22 bits per heavy atom. The first kappa shape index (κ1) is 19.3. The fraction of sp³-hybridized carbons (Fsp3) is 0.250. The van der Waals surface area contributed by atoms with Gasteiger partial charge < -0.3 is 10.1 Å². The highest BCUT2D eigenvalue weighted by Gasteiger charge is 2.12. The number of hydrogen-bond acceptors (Lipinski definition) is 5. The highest BCUT2D eigenvalue weighted by molar-refractivity contribution is 7.80. The van der Waals surface area contributed by atoms with Crippen molar-refractivity contribution in [2.45, 2.75) is 27.2 Å². The number of rotatable bonds is 5. The van der Waals surface area contributed by atoms with Crippen molar-refractivity contribution in [2.24, 2.45) is 0 Å². The molecule has 0 aliphatic rings. The van der Waals surface area contributed by atoms with Gasteiger partial charge in [0, 0.05) is 5.56 Å². The molecule has 1 amide bonds. The first-order chi connectivity index (χ1) is 13.0. The molecule has 3 aromatic rings. The Morgan fingerprint density at radius 3 is 2.74 bits per heavy atom. The summed E-state index contributed by atoms with van der Waals surface area (Å²) in [4.78, 5) is 17.0. The Bertz CT molecular complexity index is 959.